The molecule has 0 aromatic heterocycles. The van der Waals surface area contributed by atoms with E-state index >= 15 is 0 Å². The van der Waals surface area contributed by atoms with Crippen molar-refractivity contribution in [1.29, 1.82) is 0 Å². The molecule has 0 atom stereocenters. The first kappa shape index (κ1) is 26.8. The molecule has 0 aromatic carbocycles. The molecule has 0 aliphatic rings. The smallest absolute Gasteiger partial charge is 0.394 e. The molecule has 0 bridgehead atoms. The summed E-state index contributed by atoms with van der Waals surface area (Å²) in [6.45, 7) is 3.79. The Morgan fingerprint density at radius 2 is 0.760 bits per heavy atom. The van der Waals surface area contributed by atoms with Gasteiger partial charge in [0.25, 0.3) is 0 Å². The first-order valence-electron chi connectivity index (χ1n) is 6.81. The Hall–Kier alpha value is -0.460. The summed E-state index contributed by atoms with van der Waals surface area (Å²) in [4.78, 5) is 0. The van der Waals surface area contributed by atoms with Gasteiger partial charge in [0, 0.05) is 0 Å². The summed E-state index contributed by atoms with van der Waals surface area (Å²) in [5.41, 5.74) is 0. The van der Waals surface area contributed by atoms with Gasteiger partial charge in [-0.05, 0) is 0 Å². The summed E-state index contributed by atoms with van der Waals surface area (Å²) < 4.78 is 76.0. The van der Waals surface area contributed by atoms with Gasteiger partial charge in [0.1, 0.15) is 0 Å². The van der Waals surface area contributed by atoms with Gasteiger partial charge in [-0.3, -0.25) is 9.11 Å². The Kier molecular flexibility index (Phi) is 18.2. The fraction of sp³-hybridized carbons (Fsp3) is 1.00. The molecule has 0 aromatic rings. The van der Waals surface area contributed by atoms with Gasteiger partial charge in [-0.15, -0.1) is 3.63 Å². The maximum atomic E-state index is 9.44. The average Bonchev–Trinajstić information content (AvgIpc) is 2.45. The molecular formula is C10H24O13S2. The predicted octanol–water partition coefficient (Wildman–Crippen LogP) is -2.35. The molecule has 154 valence electrons. The van der Waals surface area contributed by atoms with E-state index in [9.17, 15) is 16.8 Å². The predicted molar refractivity (Wildman–Crippen MR) is 81.6 cm³/mol. The van der Waals surface area contributed by atoms with Gasteiger partial charge < -0.3 is 29.2 Å². The van der Waals surface area contributed by atoms with E-state index in [1.807, 2.05) is 0 Å². The number of ether oxygens (including phenoxy) is 4. The van der Waals surface area contributed by atoms with Crippen molar-refractivity contribution in [1.82, 2.24) is 0 Å². The highest BCUT2D eigenvalue weighted by molar-refractivity contribution is 7.94. The number of hydrogen-bond donors (Lipinski definition) is 4. The van der Waals surface area contributed by atoms with Gasteiger partial charge >= 0.3 is 20.8 Å². The molecule has 0 heterocycles. The first-order chi connectivity index (χ1) is 11.6. The van der Waals surface area contributed by atoms with Crippen LogP contribution in [0.3, 0.4) is 0 Å². The van der Waals surface area contributed by atoms with E-state index in [4.69, 9.17) is 38.3 Å². The SMILES string of the molecule is O=S(=O)(O)OS(=O)(=O)O.OCCOCCOCCOCCOCCO. The number of rotatable bonds is 15. The third-order valence-electron chi connectivity index (χ3n) is 1.76. The average molecular weight is 416 g/mol. The standard InChI is InChI=1S/C10H22O6.H2O7S2/c11-1-3-13-5-7-15-9-10-16-8-6-14-4-2-12;1-8(2,3)7-9(4,5)6/h11-12H,1-10H2;(H,1,2,3)(H,4,5,6). The molecule has 25 heavy (non-hydrogen) atoms. The number of hydrogen-bond acceptors (Lipinski definition) is 11. The molecule has 15 heteroatoms. The maximum absolute atomic E-state index is 9.44. The van der Waals surface area contributed by atoms with E-state index in [1.54, 1.807) is 0 Å². The second kappa shape index (κ2) is 17.0. The van der Waals surface area contributed by atoms with Crippen molar-refractivity contribution in [3.8, 4) is 0 Å². The van der Waals surface area contributed by atoms with Crippen LogP contribution in [-0.4, -0.2) is 102 Å². The van der Waals surface area contributed by atoms with Gasteiger partial charge in [0.2, 0.25) is 0 Å². The minimum absolute atomic E-state index is 0.0386. The van der Waals surface area contributed by atoms with E-state index in [-0.39, 0.29) is 13.2 Å². The molecule has 0 saturated heterocycles. The molecule has 0 aliphatic carbocycles. The van der Waals surface area contributed by atoms with Crippen LogP contribution in [0, 0.1) is 0 Å². The molecule has 0 aliphatic heterocycles. The highest BCUT2D eigenvalue weighted by Gasteiger charge is 2.15. The highest BCUT2D eigenvalue weighted by Crippen LogP contribution is 1.91. The molecule has 0 rings (SSSR count). The van der Waals surface area contributed by atoms with Crippen molar-refractivity contribution in [2.75, 3.05) is 66.1 Å². The zero-order valence-corrected chi connectivity index (χ0v) is 15.0. The van der Waals surface area contributed by atoms with Crippen LogP contribution in [0.25, 0.3) is 0 Å². The fourth-order valence-corrected chi connectivity index (χ4v) is 1.87. The number of aliphatic hydroxyl groups excluding tert-OH is 2. The van der Waals surface area contributed by atoms with Crippen LogP contribution < -0.4 is 0 Å². The zero-order chi connectivity index (χ0) is 19.6. The van der Waals surface area contributed by atoms with E-state index in [2.05, 4.69) is 3.63 Å². The van der Waals surface area contributed by atoms with Crippen LogP contribution >= 0.6 is 0 Å². The van der Waals surface area contributed by atoms with E-state index in [0.717, 1.165) is 0 Å². The lowest BCUT2D eigenvalue weighted by molar-refractivity contribution is -0.00856. The molecule has 13 nitrogen and oxygen atoms in total. The van der Waals surface area contributed by atoms with Crippen LogP contribution in [-0.2, 0) is 43.4 Å². The largest absolute Gasteiger partial charge is 0.413 e. The van der Waals surface area contributed by atoms with Gasteiger partial charge in [-0.2, -0.15) is 16.8 Å². The summed E-state index contributed by atoms with van der Waals surface area (Å²) in [5, 5.41) is 16.8. The summed E-state index contributed by atoms with van der Waals surface area (Å²) in [5.74, 6) is 0. The molecule has 0 spiro atoms. The van der Waals surface area contributed by atoms with E-state index in [1.165, 1.54) is 0 Å². The summed E-state index contributed by atoms with van der Waals surface area (Å²) in [6, 6.07) is 0. The van der Waals surface area contributed by atoms with Crippen molar-refractivity contribution in [3.63, 3.8) is 0 Å². The van der Waals surface area contributed by atoms with Crippen LogP contribution in [0.4, 0.5) is 0 Å². The molecule has 0 unspecified atom stereocenters. The lowest BCUT2D eigenvalue weighted by atomic mass is 10.7. The quantitative estimate of drug-likeness (QED) is 0.164. The van der Waals surface area contributed by atoms with Crippen LogP contribution in [0.2, 0.25) is 0 Å². The second-order valence-electron chi connectivity index (χ2n) is 3.82. The minimum atomic E-state index is -5.12. The van der Waals surface area contributed by atoms with Gasteiger partial charge in [-0.25, -0.2) is 0 Å². The van der Waals surface area contributed by atoms with Crippen molar-refractivity contribution in [3.05, 3.63) is 0 Å². The Morgan fingerprint density at radius 1 is 0.520 bits per heavy atom. The van der Waals surface area contributed by atoms with Crippen LogP contribution in [0.15, 0.2) is 0 Å². The van der Waals surface area contributed by atoms with E-state index in [0.29, 0.717) is 52.9 Å². The molecule has 0 saturated carbocycles. The third kappa shape index (κ3) is 31.8. The van der Waals surface area contributed by atoms with Crippen LogP contribution in [0.5, 0.6) is 0 Å². The second-order valence-corrected chi connectivity index (χ2v) is 6.08. The lowest BCUT2D eigenvalue weighted by Crippen LogP contribution is -2.13. The van der Waals surface area contributed by atoms with Crippen molar-refractivity contribution in [2.24, 2.45) is 0 Å². The first-order valence-corrected chi connectivity index (χ1v) is 9.54. The zero-order valence-electron chi connectivity index (χ0n) is 13.4. The highest BCUT2D eigenvalue weighted by atomic mass is 32.3. The molecule has 4 N–H and O–H groups in total. The topological polar surface area (TPSA) is 195 Å². The minimum Gasteiger partial charge on any atom is -0.394 e. The van der Waals surface area contributed by atoms with E-state index < -0.39 is 20.8 Å². The maximum Gasteiger partial charge on any atom is 0.413 e. The Balaban J connectivity index is 0. The fourth-order valence-electron chi connectivity index (χ4n) is 1.000. The summed E-state index contributed by atoms with van der Waals surface area (Å²) >= 11 is 0. The Labute approximate surface area is 146 Å². The Morgan fingerprint density at radius 3 is 0.920 bits per heavy atom. The molecular weight excluding hydrogens is 392 g/mol. The Bertz CT molecular complexity index is 431. The lowest BCUT2D eigenvalue weighted by Gasteiger charge is -2.06. The van der Waals surface area contributed by atoms with Crippen molar-refractivity contribution < 1.29 is 58.7 Å². The van der Waals surface area contributed by atoms with Crippen molar-refractivity contribution >= 4 is 20.8 Å². The normalized spacial score (nSPS) is 11.8. The summed E-state index contributed by atoms with van der Waals surface area (Å²) in [7, 11) is -10.2. The van der Waals surface area contributed by atoms with Crippen LogP contribution in [0.1, 0.15) is 0 Å². The van der Waals surface area contributed by atoms with Crippen molar-refractivity contribution in [2.45, 2.75) is 0 Å². The molecule has 0 amide bonds. The molecule has 0 fully saturated rings. The monoisotopic (exact) mass is 416 g/mol. The van der Waals surface area contributed by atoms with Gasteiger partial charge in [0.15, 0.2) is 0 Å². The third-order valence-corrected chi connectivity index (χ3v) is 3.13. The number of aliphatic hydroxyl groups is 2. The van der Waals surface area contributed by atoms with Gasteiger partial charge in [0.05, 0.1) is 66.1 Å². The van der Waals surface area contributed by atoms with Gasteiger partial charge in [-0.1, -0.05) is 0 Å². The molecule has 0 radical (unpaired) electrons. The summed E-state index contributed by atoms with van der Waals surface area (Å²) in [6.07, 6.45) is 0.